The highest BCUT2D eigenvalue weighted by atomic mass is 79.9. The van der Waals surface area contributed by atoms with Gasteiger partial charge in [0.15, 0.2) is 0 Å². The molecule has 1 heterocycles. The summed E-state index contributed by atoms with van der Waals surface area (Å²) in [4.78, 5) is 38.4. The average molecular weight is 464 g/mol. The first kappa shape index (κ1) is 20.1. The lowest BCUT2D eigenvalue weighted by atomic mass is 10.1. The van der Waals surface area contributed by atoms with E-state index in [2.05, 4.69) is 21.2 Å². The SMILES string of the molecule is CCOc1cc(Br)cc(/C=C2\C(=O)NC(=O)N(c3ccc(C)c(Cl)c3)C2=O)c1. The number of barbiturate groups is 1. The van der Waals surface area contributed by atoms with Crippen LogP contribution in [-0.4, -0.2) is 24.5 Å². The Bertz CT molecular complexity index is 1020. The number of hydrogen-bond acceptors (Lipinski definition) is 4. The quantitative estimate of drug-likeness (QED) is 0.536. The number of halogens is 2. The summed E-state index contributed by atoms with van der Waals surface area (Å²) in [5, 5.41) is 2.60. The molecule has 2 aromatic rings. The highest BCUT2D eigenvalue weighted by molar-refractivity contribution is 9.10. The summed E-state index contributed by atoms with van der Waals surface area (Å²) in [5.74, 6) is -0.903. The van der Waals surface area contributed by atoms with Crippen LogP contribution >= 0.6 is 27.5 Å². The standard InChI is InChI=1S/C20H16BrClN2O4/c1-3-28-15-7-12(6-13(21)9-15)8-16-18(25)23-20(27)24(19(16)26)14-5-4-11(2)17(22)10-14/h4-10H,3H2,1-2H3,(H,23,25,27)/b16-8+. The number of anilines is 1. The normalized spacial score (nSPS) is 15.8. The van der Waals surface area contributed by atoms with Gasteiger partial charge in [-0.15, -0.1) is 0 Å². The van der Waals surface area contributed by atoms with Crippen molar-refractivity contribution in [3.8, 4) is 5.75 Å². The number of imide groups is 2. The van der Waals surface area contributed by atoms with Crippen LogP contribution in [-0.2, 0) is 9.59 Å². The molecule has 1 saturated heterocycles. The predicted molar refractivity (Wildman–Crippen MR) is 111 cm³/mol. The maximum atomic E-state index is 12.9. The van der Waals surface area contributed by atoms with Crippen LogP contribution in [0.25, 0.3) is 6.08 Å². The Hall–Kier alpha value is -2.64. The van der Waals surface area contributed by atoms with Gasteiger partial charge in [0.25, 0.3) is 11.8 Å². The van der Waals surface area contributed by atoms with Crippen LogP contribution in [0.1, 0.15) is 18.1 Å². The predicted octanol–water partition coefficient (Wildman–Crippen LogP) is 4.48. The Morgan fingerprint density at radius 1 is 1.18 bits per heavy atom. The summed E-state index contributed by atoms with van der Waals surface area (Å²) in [7, 11) is 0. The lowest BCUT2D eigenvalue weighted by Gasteiger charge is -2.26. The van der Waals surface area contributed by atoms with Gasteiger partial charge in [-0.05, 0) is 61.4 Å². The van der Waals surface area contributed by atoms with Gasteiger partial charge in [-0.25, -0.2) is 9.69 Å². The van der Waals surface area contributed by atoms with Gasteiger partial charge in [0.1, 0.15) is 11.3 Å². The fourth-order valence-electron chi connectivity index (χ4n) is 2.70. The summed E-state index contributed by atoms with van der Waals surface area (Å²) >= 11 is 9.49. The Morgan fingerprint density at radius 3 is 2.61 bits per heavy atom. The number of carbonyl (C=O) groups is 3. The number of aryl methyl sites for hydroxylation is 1. The molecule has 1 aliphatic rings. The van der Waals surface area contributed by atoms with Crippen LogP contribution in [0.4, 0.5) is 10.5 Å². The van der Waals surface area contributed by atoms with Crippen molar-refractivity contribution < 1.29 is 19.1 Å². The summed E-state index contributed by atoms with van der Waals surface area (Å²) < 4.78 is 6.21. The maximum absolute atomic E-state index is 12.9. The van der Waals surface area contributed by atoms with Crippen LogP contribution in [0.15, 0.2) is 46.4 Å². The number of amides is 4. The van der Waals surface area contributed by atoms with E-state index in [1.54, 1.807) is 30.3 Å². The summed E-state index contributed by atoms with van der Waals surface area (Å²) in [5.41, 5.74) is 1.49. The molecular formula is C20H16BrClN2O4. The smallest absolute Gasteiger partial charge is 0.335 e. The molecule has 1 aliphatic heterocycles. The number of urea groups is 1. The zero-order chi connectivity index (χ0) is 20.4. The van der Waals surface area contributed by atoms with Crippen LogP contribution in [0.2, 0.25) is 5.02 Å². The first-order valence-corrected chi connectivity index (χ1v) is 9.58. The maximum Gasteiger partial charge on any atom is 0.335 e. The topological polar surface area (TPSA) is 75.7 Å². The summed E-state index contributed by atoms with van der Waals surface area (Å²) in [6, 6.07) is 9.19. The number of nitrogens with zero attached hydrogens (tertiary/aromatic N) is 1. The van der Waals surface area contributed by atoms with E-state index in [1.165, 1.54) is 12.1 Å². The van der Waals surface area contributed by atoms with E-state index in [1.807, 2.05) is 13.8 Å². The van der Waals surface area contributed by atoms with Gasteiger partial charge in [-0.2, -0.15) is 0 Å². The molecule has 2 aromatic carbocycles. The Labute approximate surface area is 175 Å². The molecule has 1 N–H and O–H groups in total. The van der Waals surface area contributed by atoms with Gasteiger partial charge >= 0.3 is 6.03 Å². The fraction of sp³-hybridized carbons (Fsp3) is 0.150. The third kappa shape index (κ3) is 4.10. The van der Waals surface area contributed by atoms with Gasteiger partial charge in [0.2, 0.25) is 0 Å². The Morgan fingerprint density at radius 2 is 1.93 bits per heavy atom. The van der Waals surface area contributed by atoms with Crippen LogP contribution in [0.3, 0.4) is 0 Å². The van der Waals surface area contributed by atoms with Crippen LogP contribution in [0.5, 0.6) is 5.75 Å². The number of ether oxygens (including phenoxy) is 1. The Balaban J connectivity index is 2.02. The van der Waals surface area contributed by atoms with Crippen molar-refractivity contribution in [3.63, 3.8) is 0 Å². The van der Waals surface area contributed by atoms with E-state index < -0.39 is 17.8 Å². The molecule has 28 heavy (non-hydrogen) atoms. The molecule has 0 aromatic heterocycles. The molecule has 0 saturated carbocycles. The lowest BCUT2D eigenvalue weighted by molar-refractivity contribution is -0.122. The summed E-state index contributed by atoms with van der Waals surface area (Å²) in [6.45, 7) is 4.14. The number of carbonyl (C=O) groups excluding carboxylic acids is 3. The molecule has 1 fully saturated rings. The number of rotatable bonds is 4. The molecule has 0 spiro atoms. The largest absolute Gasteiger partial charge is 0.494 e. The first-order chi connectivity index (χ1) is 13.3. The number of hydrogen-bond donors (Lipinski definition) is 1. The molecule has 0 radical (unpaired) electrons. The van der Waals surface area contributed by atoms with E-state index in [0.29, 0.717) is 22.9 Å². The highest BCUT2D eigenvalue weighted by Gasteiger charge is 2.37. The van der Waals surface area contributed by atoms with E-state index in [9.17, 15) is 14.4 Å². The Kier molecular flexibility index (Phi) is 5.86. The number of benzene rings is 2. The molecule has 0 atom stereocenters. The molecule has 8 heteroatoms. The first-order valence-electron chi connectivity index (χ1n) is 8.41. The van der Waals surface area contributed by atoms with Crippen LogP contribution < -0.4 is 15.0 Å². The van der Waals surface area contributed by atoms with Gasteiger partial charge < -0.3 is 4.74 Å². The monoisotopic (exact) mass is 462 g/mol. The molecule has 6 nitrogen and oxygen atoms in total. The van der Waals surface area contributed by atoms with E-state index in [4.69, 9.17) is 16.3 Å². The van der Waals surface area contributed by atoms with Crippen LogP contribution in [0, 0.1) is 6.92 Å². The zero-order valence-corrected chi connectivity index (χ0v) is 17.4. The summed E-state index contributed by atoms with van der Waals surface area (Å²) in [6.07, 6.45) is 1.42. The molecule has 0 unspecified atom stereocenters. The minimum Gasteiger partial charge on any atom is -0.494 e. The van der Waals surface area contributed by atoms with Crippen molar-refractivity contribution in [1.29, 1.82) is 0 Å². The minimum absolute atomic E-state index is 0.170. The zero-order valence-electron chi connectivity index (χ0n) is 15.1. The van der Waals surface area contributed by atoms with Crippen molar-refractivity contribution >= 4 is 57.1 Å². The molecule has 0 bridgehead atoms. The van der Waals surface area contributed by atoms with Gasteiger partial charge in [-0.3, -0.25) is 14.9 Å². The third-order valence-electron chi connectivity index (χ3n) is 4.03. The second kappa shape index (κ2) is 8.16. The lowest BCUT2D eigenvalue weighted by Crippen LogP contribution is -2.54. The van der Waals surface area contributed by atoms with E-state index in [-0.39, 0.29) is 11.3 Å². The molecule has 0 aliphatic carbocycles. The highest BCUT2D eigenvalue weighted by Crippen LogP contribution is 2.28. The van der Waals surface area contributed by atoms with Crippen molar-refractivity contribution in [2.24, 2.45) is 0 Å². The second-order valence-corrected chi connectivity index (χ2v) is 7.37. The third-order valence-corrected chi connectivity index (χ3v) is 4.90. The van der Waals surface area contributed by atoms with E-state index >= 15 is 0 Å². The van der Waals surface area contributed by atoms with Gasteiger partial charge in [-0.1, -0.05) is 33.6 Å². The van der Waals surface area contributed by atoms with Crippen molar-refractivity contribution in [1.82, 2.24) is 5.32 Å². The molecule has 3 rings (SSSR count). The molecule has 4 amide bonds. The van der Waals surface area contributed by atoms with Gasteiger partial charge in [0.05, 0.1) is 12.3 Å². The molecular weight excluding hydrogens is 448 g/mol. The van der Waals surface area contributed by atoms with E-state index in [0.717, 1.165) is 14.9 Å². The second-order valence-electron chi connectivity index (χ2n) is 6.04. The minimum atomic E-state index is -0.823. The van der Waals surface area contributed by atoms with Gasteiger partial charge in [0, 0.05) is 9.50 Å². The fourth-order valence-corrected chi connectivity index (χ4v) is 3.36. The average Bonchev–Trinajstić information content (AvgIpc) is 2.61. The number of nitrogens with one attached hydrogen (secondary N) is 1. The van der Waals surface area contributed by atoms with Crippen molar-refractivity contribution in [3.05, 3.63) is 62.6 Å². The van der Waals surface area contributed by atoms with Crippen molar-refractivity contribution in [2.45, 2.75) is 13.8 Å². The van der Waals surface area contributed by atoms with Crippen molar-refractivity contribution in [2.75, 3.05) is 11.5 Å². The molecule has 144 valence electrons.